The van der Waals surface area contributed by atoms with Crippen LogP contribution < -0.4 is 0 Å². The van der Waals surface area contributed by atoms with Crippen LogP contribution in [0.2, 0.25) is 0 Å². The largest absolute Gasteiger partial charge is 0.388 e. The molecule has 1 nitrogen and oxygen atoms in total. The minimum absolute atomic E-state index is 0. The van der Waals surface area contributed by atoms with Gasteiger partial charge in [0.2, 0.25) is 0 Å². The highest BCUT2D eigenvalue weighted by molar-refractivity contribution is 5.85. The van der Waals surface area contributed by atoms with E-state index in [0.717, 1.165) is 5.56 Å². The summed E-state index contributed by atoms with van der Waals surface area (Å²) >= 11 is 0. The highest BCUT2D eigenvalue weighted by atomic mass is 35.5. The summed E-state index contributed by atoms with van der Waals surface area (Å²) in [6.45, 7) is 2.08. The van der Waals surface area contributed by atoms with E-state index in [-0.39, 0.29) is 18.5 Å². The predicted molar refractivity (Wildman–Crippen MR) is 65.3 cm³/mol. The molecule has 0 unspecified atom stereocenters. The van der Waals surface area contributed by atoms with Crippen molar-refractivity contribution in [1.29, 1.82) is 0 Å². The molecule has 0 heterocycles. The van der Waals surface area contributed by atoms with E-state index in [1.807, 2.05) is 0 Å². The van der Waals surface area contributed by atoms with Crippen molar-refractivity contribution in [2.24, 2.45) is 5.92 Å². The molecule has 1 aromatic carbocycles. The fourth-order valence-electron chi connectivity index (χ4n) is 2.31. The summed E-state index contributed by atoms with van der Waals surface area (Å²) < 4.78 is 0. The highest BCUT2D eigenvalue weighted by Gasteiger charge is 2.23. The van der Waals surface area contributed by atoms with Crippen molar-refractivity contribution >= 4 is 12.4 Å². The van der Waals surface area contributed by atoms with Gasteiger partial charge in [0.15, 0.2) is 0 Å². The van der Waals surface area contributed by atoms with Gasteiger partial charge in [0, 0.05) is 0 Å². The fourth-order valence-corrected chi connectivity index (χ4v) is 2.31. The van der Waals surface area contributed by atoms with Gasteiger partial charge in [-0.1, -0.05) is 42.7 Å². The molecule has 0 spiro atoms. The maximum atomic E-state index is 10.1. The van der Waals surface area contributed by atoms with Crippen molar-refractivity contribution in [3.05, 3.63) is 35.4 Å². The van der Waals surface area contributed by atoms with Crippen LogP contribution in [0.1, 0.15) is 42.9 Å². The fraction of sp³-hybridized carbons (Fsp3) is 0.538. The lowest BCUT2D eigenvalue weighted by atomic mass is 9.94. The first-order valence-electron chi connectivity index (χ1n) is 5.52. The van der Waals surface area contributed by atoms with E-state index < -0.39 is 0 Å². The molecular weight excluding hydrogens is 208 g/mol. The maximum absolute atomic E-state index is 10.1. The van der Waals surface area contributed by atoms with Crippen molar-refractivity contribution in [3.63, 3.8) is 0 Å². The lowest BCUT2D eigenvalue weighted by Gasteiger charge is -2.17. The lowest BCUT2D eigenvalue weighted by molar-refractivity contribution is 0.111. The third-order valence-electron chi connectivity index (χ3n) is 3.27. The topological polar surface area (TPSA) is 20.2 Å². The van der Waals surface area contributed by atoms with Gasteiger partial charge >= 0.3 is 0 Å². The number of aliphatic hydroxyl groups excluding tert-OH is 1. The Balaban J connectivity index is 0.00000112. The van der Waals surface area contributed by atoms with E-state index in [4.69, 9.17) is 0 Å². The van der Waals surface area contributed by atoms with Crippen LogP contribution in [-0.4, -0.2) is 5.11 Å². The summed E-state index contributed by atoms with van der Waals surface area (Å²) in [6.07, 6.45) is 4.71. The van der Waals surface area contributed by atoms with Gasteiger partial charge in [-0.2, -0.15) is 0 Å². The van der Waals surface area contributed by atoms with E-state index in [0.29, 0.717) is 5.92 Å². The zero-order valence-corrected chi connectivity index (χ0v) is 9.96. The molecule has 1 aliphatic rings. The monoisotopic (exact) mass is 226 g/mol. The number of benzene rings is 1. The first-order valence-corrected chi connectivity index (χ1v) is 5.52. The second-order valence-corrected chi connectivity index (χ2v) is 4.40. The first-order chi connectivity index (χ1) is 6.77. The van der Waals surface area contributed by atoms with E-state index in [1.54, 1.807) is 0 Å². The van der Waals surface area contributed by atoms with Crippen LogP contribution in [-0.2, 0) is 0 Å². The molecule has 1 aromatic rings. The smallest absolute Gasteiger partial charge is 0.0818 e. The van der Waals surface area contributed by atoms with Gasteiger partial charge in [-0.25, -0.2) is 0 Å². The number of aliphatic hydroxyl groups is 1. The van der Waals surface area contributed by atoms with Gasteiger partial charge in [0.25, 0.3) is 0 Å². The standard InChI is InChI=1S/C13H18O.ClH/c1-10-6-8-12(9-7-10)13(14)11-4-2-3-5-11;/h6-9,11,13-14H,2-5H2,1H3;1H/t13-;/m1./s1. The molecule has 1 aliphatic carbocycles. The van der Waals surface area contributed by atoms with E-state index in [2.05, 4.69) is 31.2 Å². The first kappa shape index (κ1) is 12.5. The highest BCUT2D eigenvalue weighted by Crippen LogP contribution is 2.35. The summed E-state index contributed by atoms with van der Waals surface area (Å²) in [5.74, 6) is 0.498. The van der Waals surface area contributed by atoms with Crippen molar-refractivity contribution in [1.82, 2.24) is 0 Å². The Morgan fingerprint density at radius 1 is 1.13 bits per heavy atom. The minimum Gasteiger partial charge on any atom is -0.388 e. The summed E-state index contributed by atoms with van der Waals surface area (Å²) in [6, 6.07) is 8.26. The van der Waals surface area contributed by atoms with Gasteiger partial charge in [-0.05, 0) is 31.2 Å². The summed E-state index contributed by atoms with van der Waals surface area (Å²) in [7, 11) is 0. The van der Waals surface area contributed by atoms with Crippen LogP contribution >= 0.6 is 12.4 Å². The van der Waals surface area contributed by atoms with Gasteiger partial charge in [0.1, 0.15) is 0 Å². The second kappa shape index (κ2) is 5.53. The molecular formula is C13H19ClO. The Labute approximate surface area is 97.9 Å². The van der Waals surface area contributed by atoms with E-state index >= 15 is 0 Å². The Morgan fingerprint density at radius 2 is 1.67 bits per heavy atom. The Bertz CT molecular complexity index is 288. The Kier molecular flexibility index (Phi) is 4.62. The van der Waals surface area contributed by atoms with E-state index in [9.17, 15) is 5.11 Å². The average molecular weight is 227 g/mol. The molecule has 0 aromatic heterocycles. The Hall–Kier alpha value is -0.530. The predicted octanol–water partition coefficient (Wildman–Crippen LogP) is 3.64. The molecule has 1 N–H and O–H groups in total. The zero-order chi connectivity index (χ0) is 9.97. The third kappa shape index (κ3) is 2.96. The van der Waals surface area contributed by atoms with E-state index in [1.165, 1.54) is 31.2 Å². The normalized spacial score (nSPS) is 18.5. The molecule has 0 aliphatic heterocycles. The van der Waals surface area contributed by atoms with Crippen LogP contribution in [0.3, 0.4) is 0 Å². The molecule has 84 valence electrons. The molecule has 2 rings (SSSR count). The summed E-state index contributed by atoms with van der Waals surface area (Å²) in [5, 5.41) is 10.1. The minimum atomic E-state index is -0.238. The zero-order valence-electron chi connectivity index (χ0n) is 9.15. The summed E-state index contributed by atoms with van der Waals surface area (Å²) in [5.41, 5.74) is 2.34. The molecule has 0 radical (unpaired) electrons. The van der Waals surface area contributed by atoms with Gasteiger partial charge in [-0.3, -0.25) is 0 Å². The molecule has 1 atom stereocenters. The SMILES string of the molecule is Cc1ccc([C@H](O)C2CCCC2)cc1.Cl. The second-order valence-electron chi connectivity index (χ2n) is 4.40. The van der Waals surface area contributed by atoms with Crippen LogP contribution in [0.5, 0.6) is 0 Å². The number of rotatable bonds is 2. The molecule has 15 heavy (non-hydrogen) atoms. The number of hydrogen-bond donors (Lipinski definition) is 1. The van der Waals surface area contributed by atoms with Crippen molar-refractivity contribution in [2.45, 2.75) is 38.7 Å². The molecule has 1 saturated carbocycles. The number of halogens is 1. The van der Waals surface area contributed by atoms with Gasteiger partial charge < -0.3 is 5.11 Å². The van der Waals surface area contributed by atoms with Crippen LogP contribution in [0.4, 0.5) is 0 Å². The van der Waals surface area contributed by atoms with Crippen molar-refractivity contribution < 1.29 is 5.11 Å². The maximum Gasteiger partial charge on any atom is 0.0818 e. The number of hydrogen-bond acceptors (Lipinski definition) is 1. The van der Waals surface area contributed by atoms with Gasteiger partial charge in [-0.15, -0.1) is 12.4 Å². The third-order valence-corrected chi connectivity index (χ3v) is 3.27. The number of aryl methyl sites for hydroxylation is 1. The quantitative estimate of drug-likeness (QED) is 0.817. The average Bonchev–Trinajstić information content (AvgIpc) is 2.71. The van der Waals surface area contributed by atoms with Crippen molar-refractivity contribution in [3.8, 4) is 0 Å². The molecule has 0 saturated heterocycles. The van der Waals surface area contributed by atoms with Crippen LogP contribution in [0.25, 0.3) is 0 Å². The van der Waals surface area contributed by atoms with Crippen LogP contribution in [0.15, 0.2) is 24.3 Å². The lowest BCUT2D eigenvalue weighted by Crippen LogP contribution is -2.08. The molecule has 0 bridgehead atoms. The van der Waals surface area contributed by atoms with Crippen molar-refractivity contribution in [2.75, 3.05) is 0 Å². The summed E-state index contributed by atoms with van der Waals surface area (Å²) in [4.78, 5) is 0. The molecule has 2 heteroatoms. The van der Waals surface area contributed by atoms with Crippen LogP contribution in [0, 0.1) is 12.8 Å². The van der Waals surface area contributed by atoms with Gasteiger partial charge in [0.05, 0.1) is 6.10 Å². The molecule has 0 amide bonds. The molecule has 1 fully saturated rings. The Morgan fingerprint density at radius 3 is 2.20 bits per heavy atom.